The van der Waals surface area contributed by atoms with Crippen molar-refractivity contribution in [1.29, 1.82) is 0 Å². The van der Waals surface area contributed by atoms with Crippen LogP contribution in [0.25, 0.3) is 0 Å². The monoisotopic (exact) mass is 588 g/mol. The Bertz CT molecular complexity index is 1300. The number of hydrogen-bond donors (Lipinski definition) is 0. The van der Waals surface area contributed by atoms with E-state index in [1.807, 2.05) is 13.8 Å². The van der Waals surface area contributed by atoms with Crippen molar-refractivity contribution in [3.63, 3.8) is 0 Å². The molecule has 1 aliphatic carbocycles. The van der Waals surface area contributed by atoms with Gasteiger partial charge in [0, 0.05) is 6.42 Å². The van der Waals surface area contributed by atoms with Gasteiger partial charge in [0.2, 0.25) is 0 Å². The van der Waals surface area contributed by atoms with Crippen LogP contribution in [-0.2, 0) is 28.6 Å². The Labute approximate surface area is 242 Å². The van der Waals surface area contributed by atoms with E-state index in [9.17, 15) is 16.8 Å². The Morgan fingerprint density at radius 3 is 1.55 bits per heavy atom. The van der Waals surface area contributed by atoms with Crippen LogP contribution in [-0.4, -0.2) is 30.0 Å². The molecule has 0 aromatic heterocycles. The number of rotatable bonds is 12. The highest BCUT2D eigenvalue weighted by Crippen LogP contribution is 2.15. The van der Waals surface area contributed by atoms with E-state index < -0.39 is 20.2 Å². The third kappa shape index (κ3) is 15.2. The van der Waals surface area contributed by atoms with Crippen LogP contribution < -0.4 is 0 Å². The predicted octanol–water partition coefficient (Wildman–Crippen LogP) is 7.68. The summed E-state index contributed by atoms with van der Waals surface area (Å²) in [4.78, 5) is 0.426. The minimum atomic E-state index is -3.62. The Balaban J connectivity index is 0.000000324. The summed E-state index contributed by atoms with van der Waals surface area (Å²) in [6.07, 6.45) is 19.0. The number of allylic oxidation sites excluding steroid dienone is 4. The number of aryl methyl sites for hydroxylation is 2. The van der Waals surface area contributed by atoms with Gasteiger partial charge >= 0.3 is 0 Å². The van der Waals surface area contributed by atoms with Crippen LogP contribution >= 0.6 is 0 Å². The number of unbranched alkanes of at least 4 members (excludes halogenated alkanes) is 4. The molecule has 0 aliphatic heterocycles. The normalized spacial score (nSPS) is 12.7. The van der Waals surface area contributed by atoms with Gasteiger partial charge in [0.1, 0.15) is 0 Å². The summed E-state index contributed by atoms with van der Waals surface area (Å²) in [5, 5.41) is 0. The zero-order valence-corrected chi connectivity index (χ0v) is 25.9. The third-order valence-electron chi connectivity index (χ3n) is 5.77. The predicted molar refractivity (Wildman–Crippen MR) is 163 cm³/mol. The van der Waals surface area contributed by atoms with Gasteiger partial charge in [0.05, 0.1) is 23.0 Å². The molecule has 0 saturated carbocycles. The first-order valence-corrected chi connectivity index (χ1v) is 16.5. The number of benzene rings is 2. The second-order valence-electron chi connectivity index (χ2n) is 9.51. The zero-order valence-electron chi connectivity index (χ0n) is 24.3. The molecule has 0 amide bonds. The van der Waals surface area contributed by atoms with E-state index in [2.05, 4.69) is 38.0 Å². The Morgan fingerprint density at radius 2 is 1.20 bits per heavy atom. The van der Waals surface area contributed by atoms with Crippen LogP contribution in [0.3, 0.4) is 0 Å². The highest BCUT2D eigenvalue weighted by atomic mass is 32.2. The first kappa shape index (κ1) is 35.3. The molecule has 0 radical (unpaired) electrons. The molecule has 0 bridgehead atoms. The first-order valence-electron chi connectivity index (χ1n) is 13.7. The Hall–Kier alpha value is -2.70. The fourth-order valence-corrected chi connectivity index (χ4v) is 5.17. The summed E-state index contributed by atoms with van der Waals surface area (Å²) in [6, 6.07) is 13.3. The van der Waals surface area contributed by atoms with Gasteiger partial charge in [0.15, 0.2) is 0 Å². The van der Waals surface area contributed by atoms with Gasteiger partial charge in [-0.05, 0) is 77.1 Å². The summed E-state index contributed by atoms with van der Waals surface area (Å²) >= 11 is 0. The second kappa shape index (κ2) is 19.4. The molecule has 0 saturated heterocycles. The molecule has 1 aliphatic rings. The van der Waals surface area contributed by atoms with Crippen LogP contribution in [0.5, 0.6) is 0 Å². The molecule has 2 aromatic carbocycles. The maximum atomic E-state index is 11.7. The maximum absolute atomic E-state index is 11.7. The first-order chi connectivity index (χ1) is 19.0. The average molecular weight is 589 g/mol. The Morgan fingerprint density at radius 1 is 0.725 bits per heavy atom. The molecule has 0 fully saturated rings. The minimum absolute atomic E-state index is 0.178. The van der Waals surface area contributed by atoms with Gasteiger partial charge in [-0.25, -0.2) is 0 Å². The fourth-order valence-electron chi connectivity index (χ4n) is 3.28. The van der Waals surface area contributed by atoms with E-state index in [0.717, 1.165) is 43.2 Å². The summed E-state index contributed by atoms with van der Waals surface area (Å²) in [6.45, 7) is 8.50. The zero-order chi connectivity index (χ0) is 29.9. The maximum Gasteiger partial charge on any atom is 0.296 e. The van der Waals surface area contributed by atoms with Crippen LogP contribution in [0.15, 0.2) is 82.1 Å². The van der Waals surface area contributed by atoms with Gasteiger partial charge in [0.25, 0.3) is 20.2 Å². The van der Waals surface area contributed by atoms with Crippen LogP contribution in [0.2, 0.25) is 0 Å². The lowest BCUT2D eigenvalue weighted by Gasteiger charge is -2.05. The molecule has 6 nitrogen and oxygen atoms in total. The van der Waals surface area contributed by atoms with Gasteiger partial charge in [-0.1, -0.05) is 79.0 Å². The van der Waals surface area contributed by atoms with Gasteiger partial charge in [-0.2, -0.15) is 16.8 Å². The second-order valence-corrected chi connectivity index (χ2v) is 12.7. The molecule has 0 heterocycles. The molecule has 2 aromatic rings. The third-order valence-corrected chi connectivity index (χ3v) is 8.42. The quantitative estimate of drug-likeness (QED) is 0.109. The van der Waals surface area contributed by atoms with E-state index in [-0.39, 0.29) is 23.0 Å². The summed E-state index contributed by atoms with van der Waals surface area (Å²) < 4.78 is 56.6. The molecule has 3 rings (SSSR count). The average Bonchev–Trinajstić information content (AvgIpc) is 2.93. The lowest BCUT2D eigenvalue weighted by molar-refractivity contribution is 0.307. The molecular formula is C32H44O6S2. The lowest BCUT2D eigenvalue weighted by atomic mass is 10.1. The molecule has 40 heavy (non-hydrogen) atoms. The largest absolute Gasteiger partial charge is 0.296 e. The number of terminal acetylenes is 1. The van der Waals surface area contributed by atoms with Crippen molar-refractivity contribution in [1.82, 2.24) is 0 Å². The Kier molecular flexibility index (Phi) is 17.1. The van der Waals surface area contributed by atoms with Crippen molar-refractivity contribution in [2.45, 2.75) is 88.9 Å². The molecule has 0 unspecified atom stereocenters. The van der Waals surface area contributed by atoms with Crippen molar-refractivity contribution in [2.75, 3.05) is 13.2 Å². The molecule has 0 spiro atoms. The molecular weight excluding hydrogens is 544 g/mol. The lowest BCUT2D eigenvalue weighted by Crippen LogP contribution is -2.07. The van der Waals surface area contributed by atoms with Crippen molar-refractivity contribution in [3.05, 3.63) is 83.5 Å². The smallest absolute Gasteiger partial charge is 0.266 e. The molecule has 0 N–H and O–H groups in total. The van der Waals surface area contributed by atoms with Crippen molar-refractivity contribution in [3.8, 4) is 12.3 Å². The molecule has 0 atom stereocenters. The van der Waals surface area contributed by atoms with E-state index >= 15 is 0 Å². The van der Waals surface area contributed by atoms with Crippen LogP contribution in [0.4, 0.5) is 0 Å². The molecule has 8 heteroatoms. The summed E-state index contributed by atoms with van der Waals surface area (Å²) in [5.74, 6) is 2.50. The van der Waals surface area contributed by atoms with Gasteiger partial charge in [-0.3, -0.25) is 8.37 Å². The van der Waals surface area contributed by atoms with Gasteiger partial charge in [-0.15, -0.1) is 12.3 Å². The molecule has 220 valence electrons. The van der Waals surface area contributed by atoms with E-state index in [0.29, 0.717) is 12.8 Å². The summed E-state index contributed by atoms with van der Waals surface area (Å²) in [7, 11) is -7.17. The topological polar surface area (TPSA) is 86.7 Å². The van der Waals surface area contributed by atoms with E-state index in [1.165, 1.54) is 12.0 Å². The highest BCUT2D eigenvalue weighted by molar-refractivity contribution is 7.87. The number of hydrogen-bond acceptors (Lipinski definition) is 6. The van der Waals surface area contributed by atoms with E-state index in [1.54, 1.807) is 48.5 Å². The van der Waals surface area contributed by atoms with Crippen LogP contribution in [0, 0.1) is 26.2 Å². The highest BCUT2D eigenvalue weighted by Gasteiger charge is 2.15. The van der Waals surface area contributed by atoms with Crippen molar-refractivity contribution < 1.29 is 25.2 Å². The summed E-state index contributed by atoms with van der Waals surface area (Å²) in [5.41, 5.74) is 3.55. The fraction of sp³-hybridized carbons (Fsp3) is 0.438. The van der Waals surface area contributed by atoms with Crippen molar-refractivity contribution >= 4 is 20.2 Å². The standard InChI is InChI=1S/C13H16O3S.C12H18O3S.C7H10/c1-3-4-5-6-11-16-17(14,15)13-9-7-12(2)8-10-13;1-3-4-5-10-15-16(13,14)12-8-6-11(2)7-9-12;1-7-5-3-2-4-6-7/h1,7-10H,4-6,11H2,2H3;6-9H,3-5,10H2,1-2H3;2-3,6H,4-5H2,1H3. The SMILES string of the molecule is C#CCCCCOS(=O)(=O)c1ccc(C)cc1.CC1=CCC=CC1.CCCCCOS(=O)(=O)c1ccc(C)cc1. The minimum Gasteiger partial charge on any atom is -0.266 e. The van der Waals surface area contributed by atoms with Gasteiger partial charge < -0.3 is 0 Å². The van der Waals surface area contributed by atoms with Crippen LogP contribution in [0.1, 0.15) is 76.3 Å². The van der Waals surface area contributed by atoms with E-state index in [4.69, 9.17) is 14.8 Å². The van der Waals surface area contributed by atoms with Crippen molar-refractivity contribution in [2.24, 2.45) is 0 Å².